The Labute approximate surface area is 115 Å². The predicted octanol–water partition coefficient (Wildman–Crippen LogP) is 2.73. The van der Waals surface area contributed by atoms with Gasteiger partial charge in [-0.15, -0.1) is 0 Å². The zero-order valence-electron chi connectivity index (χ0n) is 10.8. The lowest BCUT2D eigenvalue weighted by Crippen LogP contribution is -2.30. The Morgan fingerprint density at radius 3 is 2.53 bits per heavy atom. The van der Waals surface area contributed by atoms with E-state index in [1.807, 2.05) is 0 Å². The molecule has 1 aromatic rings. The molecule has 1 fully saturated rings. The number of nitrogens with one attached hydrogen (secondary N) is 2. The van der Waals surface area contributed by atoms with E-state index in [-0.39, 0.29) is 16.4 Å². The van der Waals surface area contributed by atoms with E-state index in [1.54, 1.807) is 11.8 Å². The number of pyridine rings is 1. The van der Waals surface area contributed by atoms with Gasteiger partial charge in [-0.2, -0.15) is 11.8 Å². The highest BCUT2D eigenvalue weighted by Crippen LogP contribution is 2.40. The molecule has 0 unspecified atom stereocenters. The van der Waals surface area contributed by atoms with Crippen LogP contribution in [0.15, 0.2) is 6.07 Å². The molecule has 19 heavy (non-hydrogen) atoms. The normalized spacial score (nSPS) is 17.5. The first-order valence-corrected chi connectivity index (χ1v) is 7.44. The number of hydrogen-bond acceptors (Lipinski definition) is 5. The van der Waals surface area contributed by atoms with Crippen LogP contribution in [-0.2, 0) is 0 Å². The van der Waals surface area contributed by atoms with Gasteiger partial charge in [-0.05, 0) is 19.1 Å². The second-order valence-corrected chi connectivity index (χ2v) is 6.02. The molecule has 0 atom stereocenters. The van der Waals surface area contributed by atoms with Gasteiger partial charge in [0.25, 0.3) is 0 Å². The van der Waals surface area contributed by atoms with Gasteiger partial charge in [0.2, 0.25) is 0 Å². The fraction of sp³-hybridized carbons (Fsp3) is 0.583. The summed E-state index contributed by atoms with van der Waals surface area (Å²) >= 11 is 1.79. The zero-order chi connectivity index (χ0) is 13.9. The number of aromatic nitrogens is 1. The maximum absolute atomic E-state index is 13.6. The maximum atomic E-state index is 13.6. The Morgan fingerprint density at radius 1 is 1.32 bits per heavy atom. The van der Waals surface area contributed by atoms with Gasteiger partial charge in [0.1, 0.15) is 0 Å². The minimum absolute atomic E-state index is 0.0367. The summed E-state index contributed by atoms with van der Waals surface area (Å²) in [6.45, 7) is 0.619. The molecule has 7 heteroatoms. The average Bonchev–Trinajstić information content (AvgIpc) is 2.87. The summed E-state index contributed by atoms with van der Waals surface area (Å²) in [6.07, 6.45) is 6.65. The van der Waals surface area contributed by atoms with Crippen LogP contribution in [0.4, 0.5) is 20.4 Å². The lowest BCUT2D eigenvalue weighted by molar-refractivity contribution is 0.574. The molecule has 0 bridgehead atoms. The van der Waals surface area contributed by atoms with Gasteiger partial charge in [-0.25, -0.2) is 19.6 Å². The van der Waals surface area contributed by atoms with E-state index in [1.165, 1.54) is 12.8 Å². The van der Waals surface area contributed by atoms with Crippen LogP contribution in [-0.4, -0.2) is 22.5 Å². The van der Waals surface area contributed by atoms with Gasteiger partial charge in [0.15, 0.2) is 23.3 Å². The topological polar surface area (TPSA) is 63.0 Å². The third-order valence-electron chi connectivity index (χ3n) is 3.59. The van der Waals surface area contributed by atoms with Gasteiger partial charge < -0.3 is 10.7 Å². The largest absolute Gasteiger partial charge is 0.366 e. The number of nitrogen functional groups attached to an aromatic ring is 1. The molecule has 4 nitrogen and oxygen atoms in total. The van der Waals surface area contributed by atoms with Crippen molar-refractivity contribution in [1.29, 1.82) is 0 Å². The first kappa shape index (κ1) is 14.3. The van der Waals surface area contributed by atoms with Crippen LogP contribution in [0.1, 0.15) is 25.7 Å². The summed E-state index contributed by atoms with van der Waals surface area (Å²) in [7, 11) is 0. The molecule has 0 radical (unpaired) electrons. The Balaban J connectivity index is 2.10. The quantitative estimate of drug-likeness (QED) is 0.574. The minimum atomic E-state index is -0.800. The SMILES string of the molecule is CSC1(CNc2nc(NN)c(F)cc2F)CCCC1. The summed E-state index contributed by atoms with van der Waals surface area (Å²) in [5.74, 6) is 3.51. The second-order valence-electron chi connectivity index (χ2n) is 4.74. The molecule has 0 aromatic carbocycles. The van der Waals surface area contributed by atoms with Crippen molar-refractivity contribution in [3.05, 3.63) is 17.7 Å². The predicted molar refractivity (Wildman–Crippen MR) is 75.2 cm³/mol. The number of hydrazine groups is 1. The van der Waals surface area contributed by atoms with E-state index < -0.39 is 11.6 Å². The first-order valence-electron chi connectivity index (χ1n) is 6.22. The third kappa shape index (κ3) is 3.09. The van der Waals surface area contributed by atoms with Crippen LogP contribution in [0.2, 0.25) is 0 Å². The fourth-order valence-electron chi connectivity index (χ4n) is 2.41. The molecule has 4 N–H and O–H groups in total. The van der Waals surface area contributed by atoms with Gasteiger partial charge in [-0.3, -0.25) is 0 Å². The molecule has 0 spiro atoms. The number of thioether (sulfide) groups is 1. The van der Waals surface area contributed by atoms with Crippen LogP contribution < -0.4 is 16.6 Å². The number of anilines is 2. The summed E-state index contributed by atoms with van der Waals surface area (Å²) in [5.41, 5.74) is 2.12. The van der Waals surface area contributed by atoms with Crippen molar-refractivity contribution in [2.45, 2.75) is 30.4 Å². The molecule has 106 valence electrons. The maximum Gasteiger partial charge on any atom is 0.178 e. The van der Waals surface area contributed by atoms with Crippen molar-refractivity contribution in [2.75, 3.05) is 23.5 Å². The van der Waals surface area contributed by atoms with E-state index in [0.29, 0.717) is 6.54 Å². The fourth-order valence-corrected chi connectivity index (χ4v) is 3.32. The minimum Gasteiger partial charge on any atom is -0.366 e. The van der Waals surface area contributed by atoms with Crippen LogP contribution in [0.25, 0.3) is 0 Å². The number of halogens is 2. The number of hydrogen-bond donors (Lipinski definition) is 3. The van der Waals surface area contributed by atoms with E-state index >= 15 is 0 Å². The molecule has 1 aliphatic rings. The first-order chi connectivity index (χ1) is 9.10. The molecular weight excluding hydrogens is 270 g/mol. The summed E-state index contributed by atoms with van der Waals surface area (Å²) in [6, 6.07) is 0.783. The molecule has 0 amide bonds. The van der Waals surface area contributed by atoms with Crippen LogP contribution in [0.3, 0.4) is 0 Å². The van der Waals surface area contributed by atoms with E-state index in [9.17, 15) is 8.78 Å². The number of nitrogens with two attached hydrogens (primary N) is 1. The van der Waals surface area contributed by atoms with E-state index in [4.69, 9.17) is 5.84 Å². The highest BCUT2D eigenvalue weighted by molar-refractivity contribution is 8.00. The van der Waals surface area contributed by atoms with Gasteiger partial charge in [0.05, 0.1) is 0 Å². The summed E-state index contributed by atoms with van der Waals surface area (Å²) in [5, 5.41) is 2.98. The second kappa shape index (κ2) is 5.92. The van der Waals surface area contributed by atoms with Gasteiger partial charge >= 0.3 is 0 Å². The number of rotatable bonds is 5. The van der Waals surface area contributed by atoms with Gasteiger partial charge in [-0.1, -0.05) is 12.8 Å². The standard InChI is InChI=1S/C12H18F2N4S/c1-19-12(4-2-3-5-12)7-16-10-8(13)6-9(14)11(17-10)18-15/h6H,2-5,7,15H2,1H3,(H2,16,17,18). The lowest BCUT2D eigenvalue weighted by Gasteiger charge is -2.27. The van der Waals surface area contributed by atoms with Crippen molar-refractivity contribution in [1.82, 2.24) is 4.98 Å². The smallest absolute Gasteiger partial charge is 0.178 e. The molecule has 1 aliphatic carbocycles. The van der Waals surface area contributed by atoms with Crippen molar-refractivity contribution in [3.8, 4) is 0 Å². The highest BCUT2D eigenvalue weighted by atomic mass is 32.2. The molecular formula is C12H18F2N4S. The molecule has 2 rings (SSSR count). The summed E-state index contributed by atoms with van der Waals surface area (Å²) in [4.78, 5) is 3.81. The van der Waals surface area contributed by atoms with Gasteiger partial charge in [0, 0.05) is 17.4 Å². The Bertz CT molecular complexity index is 450. The highest BCUT2D eigenvalue weighted by Gasteiger charge is 2.33. The van der Waals surface area contributed by atoms with Crippen LogP contribution >= 0.6 is 11.8 Å². The summed E-state index contributed by atoms with van der Waals surface area (Å²) < 4.78 is 27.0. The Morgan fingerprint density at radius 2 is 1.95 bits per heavy atom. The molecule has 0 saturated heterocycles. The Kier molecular flexibility index (Phi) is 4.46. The molecule has 1 saturated carbocycles. The van der Waals surface area contributed by atoms with Crippen molar-refractivity contribution in [2.24, 2.45) is 5.84 Å². The Hall–Kier alpha value is -1.08. The molecule has 1 heterocycles. The van der Waals surface area contributed by atoms with E-state index in [0.717, 1.165) is 18.9 Å². The van der Waals surface area contributed by atoms with Crippen LogP contribution in [0, 0.1) is 11.6 Å². The number of nitrogens with zero attached hydrogens (tertiary/aromatic N) is 1. The van der Waals surface area contributed by atoms with Crippen molar-refractivity contribution < 1.29 is 8.78 Å². The molecule has 0 aliphatic heterocycles. The van der Waals surface area contributed by atoms with Crippen molar-refractivity contribution >= 4 is 23.4 Å². The van der Waals surface area contributed by atoms with E-state index in [2.05, 4.69) is 22.0 Å². The lowest BCUT2D eigenvalue weighted by atomic mass is 10.1. The average molecular weight is 288 g/mol. The monoisotopic (exact) mass is 288 g/mol. The zero-order valence-corrected chi connectivity index (χ0v) is 11.6. The molecule has 1 aromatic heterocycles. The van der Waals surface area contributed by atoms with Crippen LogP contribution in [0.5, 0.6) is 0 Å². The third-order valence-corrected chi connectivity index (χ3v) is 5.01. The van der Waals surface area contributed by atoms with Crippen molar-refractivity contribution in [3.63, 3.8) is 0 Å².